The number of rotatable bonds is 7. The van der Waals surface area contributed by atoms with Crippen molar-refractivity contribution in [2.75, 3.05) is 18.6 Å². The molecule has 0 bridgehead atoms. The van der Waals surface area contributed by atoms with E-state index in [0.29, 0.717) is 22.6 Å². The fourth-order valence-corrected chi connectivity index (χ4v) is 6.21. The van der Waals surface area contributed by atoms with Crippen LogP contribution in [0.1, 0.15) is 5.69 Å². The molecular formula is C23H20N6O6S2. The van der Waals surface area contributed by atoms with Crippen molar-refractivity contribution in [1.82, 2.24) is 19.8 Å². The van der Waals surface area contributed by atoms with Crippen LogP contribution in [-0.4, -0.2) is 67.3 Å². The summed E-state index contributed by atoms with van der Waals surface area (Å²) in [6, 6.07) is 7.37. The second kappa shape index (κ2) is 9.71. The highest BCUT2D eigenvalue weighted by atomic mass is 32.2. The van der Waals surface area contributed by atoms with E-state index in [1.54, 1.807) is 35.0 Å². The van der Waals surface area contributed by atoms with Gasteiger partial charge in [0, 0.05) is 29.4 Å². The molecule has 1 aromatic rings. The average Bonchev–Trinajstić information content (AvgIpc) is 3.31. The minimum atomic E-state index is -1.25. The van der Waals surface area contributed by atoms with Gasteiger partial charge in [0.1, 0.15) is 29.9 Å². The number of β-lactam (4-membered cyclic amide) rings is 1. The Morgan fingerprint density at radius 3 is 2.81 bits per heavy atom. The summed E-state index contributed by atoms with van der Waals surface area (Å²) in [5.41, 5.74) is 7.13. The molecule has 4 heterocycles. The van der Waals surface area contributed by atoms with E-state index in [2.05, 4.69) is 15.5 Å². The number of hydrogen-bond donors (Lipinski definition) is 3. The van der Waals surface area contributed by atoms with Gasteiger partial charge in [-0.25, -0.2) is 9.78 Å². The summed E-state index contributed by atoms with van der Waals surface area (Å²) in [4.78, 5) is 60.4. The second-order valence-electron chi connectivity index (χ2n) is 8.14. The number of amides is 2. The number of carbonyl (C=O) groups is 3. The van der Waals surface area contributed by atoms with Gasteiger partial charge >= 0.3 is 5.97 Å². The third-order valence-corrected chi connectivity index (χ3v) is 7.95. The predicted octanol–water partition coefficient (Wildman–Crippen LogP) is 0.781. The van der Waals surface area contributed by atoms with Gasteiger partial charge in [-0.3, -0.25) is 19.3 Å². The number of hydrogen-bond acceptors (Lipinski definition) is 10. The average molecular weight is 541 g/mol. The number of pyridine rings is 1. The van der Waals surface area contributed by atoms with E-state index < -0.39 is 29.2 Å². The Hall–Kier alpha value is -4.17. The van der Waals surface area contributed by atoms with E-state index in [1.807, 2.05) is 0 Å². The summed E-state index contributed by atoms with van der Waals surface area (Å²) < 4.78 is 1.78. The van der Waals surface area contributed by atoms with Crippen LogP contribution < -0.4 is 16.5 Å². The Labute approximate surface area is 217 Å². The summed E-state index contributed by atoms with van der Waals surface area (Å²) in [7, 11) is 1.27. The van der Waals surface area contributed by atoms with Gasteiger partial charge in [0.25, 0.3) is 11.8 Å². The predicted molar refractivity (Wildman–Crippen MR) is 137 cm³/mol. The SMILES string of the molecule is CO/N=C(\C(=O)N[C@@H]1C(=O)N2C(C(=O)O)=C(Cn3cccc4c(=O)cccc3-4)CS[C@H]12)c1csc(N)n1. The highest BCUT2D eigenvalue weighted by Gasteiger charge is 2.54. The number of carboxylic acid groups (broad SMARTS) is 1. The van der Waals surface area contributed by atoms with Crippen molar-refractivity contribution in [3.63, 3.8) is 0 Å². The highest BCUT2D eigenvalue weighted by Crippen LogP contribution is 2.41. The molecule has 4 N–H and O–H groups in total. The first-order valence-electron chi connectivity index (χ1n) is 10.9. The normalized spacial score (nSPS) is 19.4. The lowest BCUT2D eigenvalue weighted by Gasteiger charge is -2.49. The number of anilines is 1. The first-order chi connectivity index (χ1) is 17.8. The Morgan fingerprint density at radius 1 is 1.30 bits per heavy atom. The molecule has 1 fully saturated rings. The van der Waals surface area contributed by atoms with Crippen LogP contribution in [0.5, 0.6) is 0 Å². The molecule has 37 heavy (non-hydrogen) atoms. The molecule has 2 amide bonds. The number of nitrogens with zero attached hydrogens (tertiary/aromatic N) is 4. The van der Waals surface area contributed by atoms with Crippen LogP contribution >= 0.6 is 23.1 Å². The molecule has 0 unspecified atom stereocenters. The maximum absolute atomic E-state index is 13.1. The summed E-state index contributed by atoms with van der Waals surface area (Å²) >= 11 is 2.46. The number of nitrogens with one attached hydrogen (secondary N) is 1. The third kappa shape index (κ3) is 4.34. The molecule has 1 aromatic heterocycles. The van der Waals surface area contributed by atoms with Crippen LogP contribution in [0.15, 0.2) is 63.1 Å². The summed E-state index contributed by atoms with van der Waals surface area (Å²) in [5.74, 6) is -2.19. The Morgan fingerprint density at radius 2 is 2.11 bits per heavy atom. The molecule has 0 spiro atoms. The molecule has 1 saturated heterocycles. The molecular weight excluding hydrogens is 520 g/mol. The van der Waals surface area contributed by atoms with E-state index in [9.17, 15) is 24.3 Å². The zero-order chi connectivity index (χ0) is 26.3. The molecule has 0 aromatic carbocycles. The number of fused-ring (bicyclic) bond motifs is 2. The molecule has 0 radical (unpaired) electrons. The maximum Gasteiger partial charge on any atom is 0.352 e. The topological polar surface area (TPSA) is 169 Å². The number of nitrogen functional groups attached to an aromatic ring is 1. The number of carboxylic acids is 1. The van der Waals surface area contributed by atoms with Gasteiger partial charge in [-0.1, -0.05) is 11.2 Å². The van der Waals surface area contributed by atoms with Crippen molar-refractivity contribution >= 4 is 51.7 Å². The van der Waals surface area contributed by atoms with Crippen molar-refractivity contribution < 1.29 is 24.3 Å². The van der Waals surface area contributed by atoms with E-state index in [1.165, 1.54) is 35.2 Å². The number of nitrogens with two attached hydrogens (primary N) is 1. The van der Waals surface area contributed by atoms with Crippen molar-refractivity contribution in [3.8, 4) is 11.3 Å². The van der Waals surface area contributed by atoms with E-state index in [-0.39, 0.29) is 34.2 Å². The van der Waals surface area contributed by atoms with Crippen LogP contribution in [0.4, 0.5) is 5.13 Å². The number of oxime groups is 1. The number of aromatic nitrogens is 2. The number of thioether (sulfide) groups is 1. The van der Waals surface area contributed by atoms with Gasteiger partial charge in [-0.2, -0.15) is 0 Å². The fraction of sp³-hybridized carbons (Fsp3) is 0.217. The van der Waals surface area contributed by atoms with Crippen molar-refractivity contribution in [3.05, 3.63) is 69.1 Å². The van der Waals surface area contributed by atoms with Crippen molar-refractivity contribution in [2.45, 2.75) is 18.0 Å². The van der Waals surface area contributed by atoms with E-state index in [4.69, 9.17) is 10.6 Å². The molecule has 3 aliphatic heterocycles. The molecule has 5 rings (SSSR count). The Kier molecular flexibility index (Phi) is 6.43. The van der Waals surface area contributed by atoms with E-state index >= 15 is 0 Å². The first-order valence-corrected chi connectivity index (χ1v) is 12.8. The highest BCUT2D eigenvalue weighted by molar-refractivity contribution is 8.00. The maximum atomic E-state index is 13.1. The lowest BCUT2D eigenvalue weighted by molar-refractivity contribution is -0.150. The zero-order valence-corrected chi connectivity index (χ0v) is 20.9. The Balaban J connectivity index is 1.39. The van der Waals surface area contributed by atoms with Crippen LogP contribution in [0.2, 0.25) is 0 Å². The zero-order valence-electron chi connectivity index (χ0n) is 19.3. The summed E-state index contributed by atoms with van der Waals surface area (Å²) in [6.07, 6.45) is 1.76. The molecule has 190 valence electrons. The van der Waals surface area contributed by atoms with Gasteiger partial charge in [0.05, 0.1) is 5.69 Å². The second-order valence-corrected chi connectivity index (χ2v) is 10.1. The smallest absolute Gasteiger partial charge is 0.352 e. The van der Waals surface area contributed by atoms with Gasteiger partial charge in [0.2, 0.25) is 0 Å². The van der Waals surface area contributed by atoms with Gasteiger partial charge in [-0.05, 0) is 29.8 Å². The summed E-state index contributed by atoms with van der Waals surface area (Å²) in [6.45, 7) is 0.179. The number of carbonyl (C=O) groups excluding carboxylic acids is 2. The van der Waals surface area contributed by atoms with Gasteiger partial charge in [-0.15, -0.1) is 23.1 Å². The summed E-state index contributed by atoms with van der Waals surface area (Å²) in [5, 5.41) is 17.5. The lowest BCUT2D eigenvalue weighted by Crippen LogP contribution is -2.71. The van der Waals surface area contributed by atoms with Gasteiger partial charge in [0.15, 0.2) is 16.3 Å². The van der Waals surface area contributed by atoms with Crippen molar-refractivity contribution in [1.29, 1.82) is 0 Å². The van der Waals surface area contributed by atoms with Crippen molar-refractivity contribution in [2.24, 2.45) is 5.16 Å². The minimum Gasteiger partial charge on any atom is -0.477 e. The lowest BCUT2D eigenvalue weighted by atomic mass is 10.0. The third-order valence-electron chi connectivity index (χ3n) is 5.94. The number of thiazole rings is 1. The molecule has 0 saturated carbocycles. The number of aliphatic carboxylic acids is 1. The van der Waals surface area contributed by atoms with Gasteiger partial charge < -0.3 is 25.6 Å². The van der Waals surface area contributed by atoms with Crippen LogP contribution in [0.25, 0.3) is 11.3 Å². The minimum absolute atomic E-state index is 0.125. The van der Waals surface area contributed by atoms with E-state index in [0.717, 1.165) is 11.3 Å². The van der Waals surface area contributed by atoms with Crippen LogP contribution in [-0.2, 0) is 25.8 Å². The molecule has 4 aliphatic rings. The number of benzene rings is 1. The monoisotopic (exact) mass is 540 g/mol. The van der Waals surface area contributed by atoms with Crippen LogP contribution in [0.3, 0.4) is 0 Å². The standard InChI is InChI=1S/C23H20N6O6S2/c1-35-27-16(13-10-37-23(24)25-13)19(31)26-17-20(32)29-18(22(33)34)11(9-36-21(17)29)8-28-7-3-4-12-14(28)5-2-6-15(12)30/h2-7,10,17,21H,8-9H2,1H3,(H2,24,25)(H,26,31)(H,33,34)/b27-16-/t17-,21-/m1/s1. The molecule has 14 heteroatoms. The first kappa shape index (κ1) is 24.5. The largest absolute Gasteiger partial charge is 0.477 e. The van der Waals surface area contributed by atoms with Crippen LogP contribution in [0, 0.1) is 0 Å². The molecule has 2 atom stereocenters. The fourth-order valence-electron chi connectivity index (χ4n) is 4.32. The molecule has 1 aliphatic carbocycles. The quantitative estimate of drug-likeness (QED) is 0.223. The molecule has 12 nitrogen and oxygen atoms in total. The Bertz CT molecular complexity index is 1510.